The predicted molar refractivity (Wildman–Crippen MR) is 65.5 cm³/mol. The molecule has 0 unspecified atom stereocenters. The van der Waals surface area contributed by atoms with Crippen LogP contribution in [0.15, 0.2) is 0 Å². The number of aromatic carboxylic acids is 2. The van der Waals surface area contributed by atoms with Crippen LogP contribution in [-0.2, 0) is 0 Å². The Hall–Kier alpha value is -3.18. The van der Waals surface area contributed by atoms with Gasteiger partial charge in [0, 0.05) is 0 Å². The first-order chi connectivity index (χ1) is 11.9. The molecule has 2 rings (SSSR count). The van der Waals surface area contributed by atoms with Crippen LogP contribution >= 0.6 is 0 Å². The van der Waals surface area contributed by atoms with Crippen LogP contribution in [-0.4, -0.2) is 22.2 Å². The van der Waals surface area contributed by atoms with Gasteiger partial charge in [-0.1, -0.05) is 0 Å². The fraction of sp³-hybridized carbons (Fsp3) is 0. The monoisotopic (exact) mass is 386 g/mol. The largest absolute Gasteiger partial charge is 0.477 e. The molecule has 0 spiro atoms. The molecule has 12 heteroatoms. The molecule has 2 N–H and O–H groups in total. The van der Waals surface area contributed by atoms with Gasteiger partial charge in [-0.3, -0.25) is 0 Å². The molecule has 138 valence electrons. The van der Waals surface area contributed by atoms with Crippen molar-refractivity contribution in [3.63, 3.8) is 0 Å². The summed E-state index contributed by atoms with van der Waals surface area (Å²) in [7, 11) is 0. The summed E-state index contributed by atoms with van der Waals surface area (Å²) in [6, 6.07) is 0. The van der Waals surface area contributed by atoms with Gasteiger partial charge >= 0.3 is 11.9 Å². The van der Waals surface area contributed by atoms with E-state index >= 15 is 0 Å². The number of carboxylic acids is 2. The zero-order chi connectivity index (χ0) is 20.1. The molecule has 0 aliphatic rings. The Labute approximate surface area is 136 Å². The molecule has 26 heavy (non-hydrogen) atoms. The summed E-state index contributed by atoms with van der Waals surface area (Å²) in [4.78, 5) is 21.2. The Morgan fingerprint density at radius 2 is 0.654 bits per heavy atom. The van der Waals surface area contributed by atoms with E-state index in [1.54, 1.807) is 0 Å². The van der Waals surface area contributed by atoms with Gasteiger partial charge in [-0.2, -0.15) is 0 Å². The molecule has 0 saturated heterocycles. The summed E-state index contributed by atoms with van der Waals surface area (Å²) >= 11 is 0. The van der Waals surface area contributed by atoms with Gasteiger partial charge in [-0.15, -0.1) is 0 Å². The summed E-state index contributed by atoms with van der Waals surface area (Å²) < 4.78 is 110. The lowest BCUT2D eigenvalue weighted by atomic mass is 9.97. The van der Waals surface area contributed by atoms with Crippen LogP contribution in [0.25, 0.3) is 11.1 Å². The number of halogens is 8. The fourth-order valence-electron chi connectivity index (χ4n) is 2.08. The summed E-state index contributed by atoms with van der Waals surface area (Å²) in [5.74, 6) is -26.0. The van der Waals surface area contributed by atoms with Gasteiger partial charge in [0.1, 0.15) is 11.1 Å². The van der Waals surface area contributed by atoms with Crippen molar-refractivity contribution in [3.05, 3.63) is 57.7 Å². The van der Waals surface area contributed by atoms with Crippen molar-refractivity contribution in [2.75, 3.05) is 0 Å². The lowest BCUT2D eigenvalue weighted by Crippen LogP contribution is -2.15. The zero-order valence-corrected chi connectivity index (χ0v) is 11.7. The Bertz CT molecular complexity index is 848. The first kappa shape index (κ1) is 19.1. The first-order valence-corrected chi connectivity index (χ1v) is 6.12. The number of hydrogen-bond donors (Lipinski definition) is 2. The van der Waals surface area contributed by atoms with Crippen molar-refractivity contribution in [1.29, 1.82) is 0 Å². The van der Waals surface area contributed by atoms with E-state index < -0.39 is 80.7 Å². The maximum atomic E-state index is 13.9. The number of rotatable bonds is 3. The molecule has 0 aromatic heterocycles. The highest BCUT2D eigenvalue weighted by Gasteiger charge is 2.36. The molecular formula is C14H2F8O4. The maximum Gasteiger partial charge on any atom is 0.341 e. The summed E-state index contributed by atoms with van der Waals surface area (Å²) in [5, 5.41) is 17.0. The number of benzene rings is 2. The van der Waals surface area contributed by atoms with E-state index in [1.807, 2.05) is 0 Å². The molecule has 0 radical (unpaired) electrons. The lowest BCUT2D eigenvalue weighted by Gasteiger charge is -2.13. The van der Waals surface area contributed by atoms with E-state index in [1.165, 1.54) is 0 Å². The van der Waals surface area contributed by atoms with Gasteiger partial charge in [0.05, 0.1) is 11.1 Å². The number of hydrogen-bond acceptors (Lipinski definition) is 2. The topological polar surface area (TPSA) is 74.6 Å². The highest BCUT2D eigenvalue weighted by atomic mass is 19.2. The van der Waals surface area contributed by atoms with Gasteiger partial charge in [-0.25, -0.2) is 44.7 Å². The second-order valence-electron chi connectivity index (χ2n) is 4.62. The minimum atomic E-state index is -2.67. The van der Waals surface area contributed by atoms with Crippen molar-refractivity contribution in [2.24, 2.45) is 0 Å². The van der Waals surface area contributed by atoms with Crippen molar-refractivity contribution in [2.45, 2.75) is 0 Å². The van der Waals surface area contributed by atoms with Crippen LogP contribution in [0, 0.1) is 46.5 Å². The van der Waals surface area contributed by atoms with E-state index in [2.05, 4.69) is 0 Å². The molecule has 0 bridgehead atoms. The molecule has 0 amide bonds. The van der Waals surface area contributed by atoms with Crippen molar-refractivity contribution in [3.8, 4) is 11.1 Å². The summed E-state index contributed by atoms with van der Waals surface area (Å²) in [6.07, 6.45) is 0. The highest BCUT2D eigenvalue weighted by molar-refractivity contribution is 5.91. The van der Waals surface area contributed by atoms with E-state index in [0.29, 0.717) is 0 Å². The third-order valence-corrected chi connectivity index (χ3v) is 3.20. The van der Waals surface area contributed by atoms with E-state index in [4.69, 9.17) is 10.2 Å². The van der Waals surface area contributed by atoms with Crippen LogP contribution in [0.3, 0.4) is 0 Å². The quantitative estimate of drug-likeness (QED) is 0.621. The third kappa shape index (κ3) is 2.53. The molecule has 2 aromatic rings. The third-order valence-electron chi connectivity index (χ3n) is 3.20. The molecule has 2 aromatic carbocycles. The zero-order valence-electron chi connectivity index (χ0n) is 11.7. The average molecular weight is 386 g/mol. The Balaban J connectivity index is 3.05. The molecule has 0 atom stereocenters. The predicted octanol–water partition coefficient (Wildman–Crippen LogP) is 3.86. The summed E-state index contributed by atoms with van der Waals surface area (Å²) in [5.41, 5.74) is -8.91. The number of carbonyl (C=O) groups is 2. The SMILES string of the molecule is O=C(O)c1c(F)c(F)c(-c2c(F)c(F)c(C(=O)O)c(F)c2F)c(F)c1F. The smallest absolute Gasteiger partial charge is 0.341 e. The van der Waals surface area contributed by atoms with Crippen molar-refractivity contribution in [1.82, 2.24) is 0 Å². The van der Waals surface area contributed by atoms with Gasteiger partial charge < -0.3 is 10.2 Å². The molecular weight excluding hydrogens is 384 g/mol. The van der Waals surface area contributed by atoms with Crippen LogP contribution in [0.5, 0.6) is 0 Å². The standard InChI is InChI=1S/C14H2F8O4/c15-5-1(6(16)10(20)3(9(5)19)13(23)24)2-7(17)11(21)4(14(25)26)12(22)8(2)18/h(H,23,24)(H,25,26). The Morgan fingerprint density at radius 3 is 0.808 bits per heavy atom. The minimum absolute atomic E-state index is 2.16. The molecule has 0 aliphatic heterocycles. The van der Waals surface area contributed by atoms with Crippen LogP contribution in [0.1, 0.15) is 20.7 Å². The molecule has 0 aliphatic carbocycles. The van der Waals surface area contributed by atoms with Crippen LogP contribution < -0.4 is 0 Å². The minimum Gasteiger partial charge on any atom is -0.477 e. The van der Waals surface area contributed by atoms with E-state index in [-0.39, 0.29) is 0 Å². The molecule has 0 heterocycles. The molecule has 0 saturated carbocycles. The van der Waals surface area contributed by atoms with Gasteiger partial charge in [0.15, 0.2) is 46.5 Å². The fourth-order valence-corrected chi connectivity index (χ4v) is 2.08. The van der Waals surface area contributed by atoms with Crippen molar-refractivity contribution < 1.29 is 54.9 Å². The van der Waals surface area contributed by atoms with Gasteiger partial charge in [-0.05, 0) is 0 Å². The van der Waals surface area contributed by atoms with Crippen molar-refractivity contribution >= 4 is 11.9 Å². The Kier molecular flexibility index (Phi) is 4.62. The van der Waals surface area contributed by atoms with Crippen LogP contribution in [0.2, 0.25) is 0 Å². The first-order valence-electron chi connectivity index (χ1n) is 6.12. The van der Waals surface area contributed by atoms with E-state index in [0.717, 1.165) is 0 Å². The lowest BCUT2D eigenvalue weighted by molar-refractivity contribution is 0.0672. The maximum absolute atomic E-state index is 13.9. The van der Waals surface area contributed by atoms with Gasteiger partial charge in [0.25, 0.3) is 0 Å². The van der Waals surface area contributed by atoms with Gasteiger partial charge in [0.2, 0.25) is 0 Å². The van der Waals surface area contributed by atoms with E-state index in [9.17, 15) is 44.7 Å². The Morgan fingerprint density at radius 1 is 0.462 bits per heavy atom. The molecule has 0 fully saturated rings. The number of carboxylic acid groups (broad SMARTS) is 2. The summed E-state index contributed by atoms with van der Waals surface area (Å²) in [6.45, 7) is 0. The highest BCUT2D eigenvalue weighted by Crippen LogP contribution is 2.38. The van der Waals surface area contributed by atoms with Crippen LogP contribution in [0.4, 0.5) is 35.1 Å². The molecule has 4 nitrogen and oxygen atoms in total. The second-order valence-corrected chi connectivity index (χ2v) is 4.62. The average Bonchev–Trinajstić information content (AvgIpc) is 2.54. The normalized spacial score (nSPS) is 10.9. The second kappa shape index (κ2) is 6.28.